The third-order valence-electron chi connectivity index (χ3n) is 7.82. The lowest BCUT2D eigenvalue weighted by atomic mass is 9.68. The molecule has 0 bridgehead atoms. The van der Waals surface area contributed by atoms with Crippen molar-refractivity contribution in [3.63, 3.8) is 0 Å². The highest BCUT2D eigenvalue weighted by atomic mass is 16.5. The summed E-state index contributed by atoms with van der Waals surface area (Å²) in [5, 5.41) is 0. The Bertz CT molecular complexity index is 709. The lowest BCUT2D eigenvalue weighted by Crippen LogP contribution is -2.30. The fourth-order valence-electron chi connectivity index (χ4n) is 5.62. The van der Waals surface area contributed by atoms with Crippen LogP contribution in [-0.4, -0.2) is 11.9 Å². The first-order valence-corrected chi connectivity index (χ1v) is 13.0. The smallest absolute Gasteiger partial charge is 0.314 e. The average molecular weight is 443 g/mol. The van der Waals surface area contributed by atoms with Gasteiger partial charge in [-0.3, -0.25) is 9.59 Å². The van der Waals surface area contributed by atoms with Gasteiger partial charge in [0.2, 0.25) is 0 Å². The van der Waals surface area contributed by atoms with Gasteiger partial charge in [-0.05, 0) is 99.3 Å². The Hall–Kier alpha value is -1.84. The Morgan fingerprint density at radius 1 is 0.844 bits per heavy atom. The molecule has 178 valence electrons. The number of hydrogen-bond donors (Lipinski definition) is 0. The molecule has 3 rings (SSSR count). The molecule has 2 aliphatic rings. The molecule has 1 aromatic carbocycles. The molecule has 2 aliphatic carbocycles. The van der Waals surface area contributed by atoms with E-state index in [9.17, 15) is 9.59 Å². The molecule has 2 fully saturated rings. The molecule has 0 spiro atoms. The zero-order valence-electron chi connectivity index (χ0n) is 20.3. The number of esters is 2. The Labute approximate surface area is 194 Å². The lowest BCUT2D eigenvalue weighted by molar-refractivity contribution is -0.140. The van der Waals surface area contributed by atoms with E-state index in [1.165, 1.54) is 38.5 Å². The van der Waals surface area contributed by atoms with Crippen LogP contribution in [0, 0.1) is 29.6 Å². The summed E-state index contributed by atoms with van der Waals surface area (Å²) in [4.78, 5) is 24.3. The highest BCUT2D eigenvalue weighted by Gasteiger charge is 2.33. The molecule has 0 radical (unpaired) electrons. The van der Waals surface area contributed by atoms with Crippen LogP contribution in [0.25, 0.3) is 0 Å². The van der Waals surface area contributed by atoms with Crippen molar-refractivity contribution in [1.82, 2.24) is 0 Å². The zero-order chi connectivity index (χ0) is 22.9. The quantitative estimate of drug-likeness (QED) is 0.296. The average Bonchev–Trinajstić information content (AvgIpc) is 2.81. The van der Waals surface area contributed by atoms with Crippen molar-refractivity contribution in [3.05, 3.63) is 24.3 Å². The topological polar surface area (TPSA) is 52.6 Å². The second-order valence-corrected chi connectivity index (χ2v) is 10.3. The van der Waals surface area contributed by atoms with E-state index in [1.807, 2.05) is 6.92 Å². The molecule has 0 amide bonds. The van der Waals surface area contributed by atoms with Crippen molar-refractivity contribution in [2.24, 2.45) is 29.6 Å². The number of carbonyl (C=O) groups is 2. The van der Waals surface area contributed by atoms with Crippen LogP contribution in [-0.2, 0) is 9.59 Å². The van der Waals surface area contributed by atoms with Crippen LogP contribution in [0.2, 0.25) is 0 Å². The summed E-state index contributed by atoms with van der Waals surface area (Å²) < 4.78 is 10.9. The predicted octanol–water partition coefficient (Wildman–Crippen LogP) is 7.35. The van der Waals surface area contributed by atoms with Gasteiger partial charge in [-0.25, -0.2) is 0 Å². The summed E-state index contributed by atoms with van der Waals surface area (Å²) in [6, 6.07) is 6.78. The second kappa shape index (κ2) is 12.4. The number of benzene rings is 1. The molecular weight excluding hydrogens is 400 g/mol. The van der Waals surface area contributed by atoms with Gasteiger partial charge in [0.15, 0.2) is 0 Å². The molecule has 0 aromatic heterocycles. The number of hydrogen-bond acceptors (Lipinski definition) is 4. The number of ether oxygens (including phenoxy) is 2. The van der Waals surface area contributed by atoms with Gasteiger partial charge in [-0.1, -0.05) is 40.0 Å². The third kappa shape index (κ3) is 7.35. The van der Waals surface area contributed by atoms with Gasteiger partial charge in [0.25, 0.3) is 0 Å². The van der Waals surface area contributed by atoms with E-state index in [0.29, 0.717) is 17.9 Å². The van der Waals surface area contributed by atoms with E-state index in [4.69, 9.17) is 9.47 Å². The molecule has 32 heavy (non-hydrogen) atoms. The lowest BCUT2D eigenvalue weighted by Gasteiger charge is -2.37. The van der Waals surface area contributed by atoms with Crippen molar-refractivity contribution in [2.45, 2.75) is 97.8 Å². The maximum atomic E-state index is 12.7. The van der Waals surface area contributed by atoms with Crippen LogP contribution in [0.1, 0.15) is 97.8 Å². The normalized spacial score (nSPS) is 26.8. The summed E-state index contributed by atoms with van der Waals surface area (Å²) in [5.41, 5.74) is 0. The monoisotopic (exact) mass is 442 g/mol. The second-order valence-electron chi connectivity index (χ2n) is 10.3. The van der Waals surface area contributed by atoms with Gasteiger partial charge < -0.3 is 9.47 Å². The standard InChI is InChI=1S/C28H42O4/c1-4-6-27(29)31-25-15-17-26(18-16-25)32-28(30)24-13-11-23(12-14-24)22-9-7-21(8-10-22)19-20(3)5-2/h15-18,20-24H,4-14,19H2,1-3H3. The molecule has 4 nitrogen and oxygen atoms in total. The van der Waals surface area contributed by atoms with Crippen molar-refractivity contribution in [2.75, 3.05) is 0 Å². The number of rotatable bonds is 9. The van der Waals surface area contributed by atoms with Crippen molar-refractivity contribution >= 4 is 11.9 Å². The highest BCUT2D eigenvalue weighted by molar-refractivity contribution is 5.75. The van der Waals surface area contributed by atoms with Crippen LogP contribution < -0.4 is 9.47 Å². The van der Waals surface area contributed by atoms with E-state index in [1.54, 1.807) is 24.3 Å². The van der Waals surface area contributed by atoms with Gasteiger partial charge in [0.05, 0.1) is 5.92 Å². The van der Waals surface area contributed by atoms with E-state index in [2.05, 4.69) is 13.8 Å². The Balaban J connectivity index is 1.39. The molecule has 4 heteroatoms. The Kier molecular flexibility index (Phi) is 9.62. The highest BCUT2D eigenvalue weighted by Crippen LogP contribution is 2.43. The van der Waals surface area contributed by atoms with E-state index in [-0.39, 0.29) is 17.9 Å². The van der Waals surface area contributed by atoms with E-state index in [0.717, 1.165) is 55.8 Å². The molecule has 1 unspecified atom stereocenters. The summed E-state index contributed by atoms with van der Waals surface area (Å²) >= 11 is 0. The maximum Gasteiger partial charge on any atom is 0.314 e. The molecule has 0 saturated heterocycles. The van der Waals surface area contributed by atoms with Crippen molar-refractivity contribution in [3.8, 4) is 11.5 Å². The largest absolute Gasteiger partial charge is 0.427 e. The molecule has 0 N–H and O–H groups in total. The van der Waals surface area contributed by atoms with Crippen LogP contribution >= 0.6 is 0 Å². The molecule has 0 heterocycles. The number of carbonyl (C=O) groups excluding carboxylic acids is 2. The SMILES string of the molecule is CCCC(=O)Oc1ccc(OC(=O)C2CCC(C3CCC(CC(C)CC)CC3)CC2)cc1. The Morgan fingerprint density at radius 3 is 1.91 bits per heavy atom. The minimum Gasteiger partial charge on any atom is -0.427 e. The maximum absolute atomic E-state index is 12.7. The summed E-state index contributed by atoms with van der Waals surface area (Å²) in [5.74, 6) is 4.13. The van der Waals surface area contributed by atoms with Gasteiger partial charge >= 0.3 is 11.9 Å². The summed E-state index contributed by atoms with van der Waals surface area (Å²) in [6.07, 6.45) is 13.7. The first kappa shape index (κ1) is 24.8. The molecule has 0 aliphatic heterocycles. The van der Waals surface area contributed by atoms with Crippen LogP contribution in [0.4, 0.5) is 0 Å². The van der Waals surface area contributed by atoms with Crippen LogP contribution in [0.3, 0.4) is 0 Å². The van der Waals surface area contributed by atoms with Gasteiger partial charge in [0, 0.05) is 6.42 Å². The first-order valence-electron chi connectivity index (χ1n) is 13.0. The fraction of sp³-hybridized carbons (Fsp3) is 0.714. The minimum absolute atomic E-state index is 0.00931. The molecular formula is C28H42O4. The van der Waals surface area contributed by atoms with E-state index >= 15 is 0 Å². The van der Waals surface area contributed by atoms with Gasteiger partial charge in [-0.15, -0.1) is 0 Å². The molecule has 1 aromatic rings. The Morgan fingerprint density at radius 2 is 1.38 bits per heavy atom. The van der Waals surface area contributed by atoms with Gasteiger partial charge in [-0.2, -0.15) is 0 Å². The first-order chi connectivity index (χ1) is 15.5. The third-order valence-corrected chi connectivity index (χ3v) is 7.82. The van der Waals surface area contributed by atoms with Gasteiger partial charge in [0.1, 0.15) is 11.5 Å². The van der Waals surface area contributed by atoms with Crippen LogP contribution in [0.15, 0.2) is 24.3 Å². The minimum atomic E-state index is -0.238. The summed E-state index contributed by atoms with van der Waals surface area (Å²) in [7, 11) is 0. The van der Waals surface area contributed by atoms with Crippen molar-refractivity contribution in [1.29, 1.82) is 0 Å². The van der Waals surface area contributed by atoms with Crippen molar-refractivity contribution < 1.29 is 19.1 Å². The fourth-order valence-corrected chi connectivity index (χ4v) is 5.62. The van der Waals surface area contributed by atoms with Crippen LogP contribution in [0.5, 0.6) is 11.5 Å². The predicted molar refractivity (Wildman–Crippen MR) is 128 cm³/mol. The van der Waals surface area contributed by atoms with E-state index < -0.39 is 0 Å². The summed E-state index contributed by atoms with van der Waals surface area (Å²) in [6.45, 7) is 6.64. The molecule has 1 atom stereocenters. The zero-order valence-corrected chi connectivity index (χ0v) is 20.3. The molecule has 2 saturated carbocycles.